The Morgan fingerprint density at radius 3 is 2.56 bits per heavy atom. The van der Waals surface area contributed by atoms with Gasteiger partial charge in [0.15, 0.2) is 5.01 Å². The van der Waals surface area contributed by atoms with Crippen molar-refractivity contribution >= 4 is 43.9 Å². The summed E-state index contributed by atoms with van der Waals surface area (Å²) in [7, 11) is -4.00. The summed E-state index contributed by atoms with van der Waals surface area (Å²) in [6.07, 6.45) is -0.112. The molecule has 39 heavy (non-hydrogen) atoms. The van der Waals surface area contributed by atoms with Crippen molar-refractivity contribution in [2.75, 3.05) is 37.7 Å². The molecule has 1 aromatic carbocycles. The lowest BCUT2D eigenvalue weighted by Gasteiger charge is -2.37. The third kappa shape index (κ3) is 5.36. The maximum atomic E-state index is 13.6. The Hall–Kier alpha value is -2.75. The average molecular weight is 584 g/mol. The minimum absolute atomic E-state index is 0.00177. The zero-order chi connectivity index (χ0) is 28.1. The van der Waals surface area contributed by atoms with Crippen molar-refractivity contribution in [3.63, 3.8) is 0 Å². The standard InChI is InChI=1S/C24H31F2N7O4S2/c1-14(2)22(35)32-7-5-31(6-8-32)18-10-16(39(36,37)30-24(3)12-15(24)4-9-34)11-19-17(18)13-27-33(19)23-29-28-21(38-23)20(25)26/h10-11,13-15,20,30,34H,4-9,12H2,1-3H3/t15-,24+/m0/s1. The molecule has 2 atom stereocenters. The minimum atomic E-state index is -4.00. The number of carbonyl (C=O) groups is 1. The number of nitrogens with zero attached hydrogens (tertiary/aromatic N) is 6. The molecule has 0 unspecified atom stereocenters. The Morgan fingerprint density at radius 1 is 1.23 bits per heavy atom. The monoisotopic (exact) mass is 583 g/mol. The molecular weight excluding hydrogens is 552 g/mol. The maximum absolute atomic E-state index is 13.6. The van der Waals surface area contributed by atoms with Crippen LogP contribution in [0.3, 0.4) is 0 Å². The van der Waals surface area contributed by atoms with Crippen LogP contribution in [0.1, 0.15) is 45.0 Å². The highest BCUT2D eigenvalue weighted by molar-refractivity contribution is 7.89. The summed E-state index contributed by atoms with van der Waals surface area (Å²) < 4.78 is 57.7. The number of hydrogen-bond donors (Lipinski definition) is 2. The molecule has 1 aliphatic heterocycles. The van der Waals surface area contributed by atoms with Crippen LogP contribution in [0.25, 0.3) is 16.0 Å². The molecule has 1 saturated heterocycles. The molecule has 1 saturated carbocycles. The predicted molar refractivity (Wildman–Crippen MR) is 142 cm³/mol. The van der Waals surface area contributed by atoms with Crippen molar-refractivity contribution in [3.05, 3.63) is 23.3 Å². The Balaban J connectivity index is 1.54. The van der Waals surface area contributed by atoms with E-state index in [9.17, 15) is 27.1 Å². The van der Waals surface area contributed by atoms with Gasteiger partial charge < -0.3 is 14.9 Å². The van der Waals surface area contributed by atoms with E-state index in [0.717, 1.165) is 0 Å². The van der Waals surface area contributed by atoms with E-state index in [1.807, 2.05) is 25.7 Å². The lowest BCUT2D eigenvalue weighted by Crippen LogP contribution is -2.50. The first-order chi connectivity index (χ1) is 18.4. The topological polar surface area (TPSA) is 134 Å². The van der Waals surface area contributed by atoms with Crippen LogP contribution in [0, 0.1) is 11.8 Å². The molecule has 3 heterocycles. The summed E-state index contributed by atoms with van der Waals surface area (Å²) in [5, 5.41) is 21.3. The number of benzene rings is 1. The Bertz CT molecular complexity index is 1480. The Kier molecular flexibility index (Phi) is 7.37. The molecule has 212 valence electrons. The van der Waals surface area contributed by atoms with Gasteiger partial charge in [-0.2, -0.15) is 5.10 Å². The summed E-state index contributed by atoms with van der Waals surface area (Å²) in [5.41, 5.74) is 0.339. The van der Waals surface area contributed by atoms with E-state index >= 15 is 0 Å². The molecule has 1 aliphatic carbocycles. The van der Waals surface area contributed by atoms with Gasteiger partial charge in [-0.25, -0.2) is 26.6 Å². The molecule has 2 aromatic heterocycles. The second-order valence-electron chi connectivity index (χ2n) is 10.6. The summed E-state index contributed by atoms with van der Waals surface area (Å²) in [5.74, 6) is -0.0226. The fraction of sp³-hybridized carbons (Fsp3) is 0.583. The number of aliphatic hydroxyl groups is 1. The van der Waals surface area contributed by atoms with Crippen LogP contribution >= 0.6 is 11.3 Å². The van der Waals surface area contributed by atoms with Crippen LogP contribution in [0.2, 0.25) is 0 Å². The first kappa shape index (κ1) is 27.8. The molecule has 0 bridgehead atoms. The predicted octanol–water partition coefficient (Wildman–Crippen LogP) is 2.56. The van der Waals surface area contributed by atoms with Crippen LogP contribution in [0.5, 0.6) is 0 Å². The fourth-order valence-corrected chi connectivity index (χ4v) is 7.29. The molecule has 0 spiro atoms. The fourth-order valence-electron chi connectivity index (χ4n) is 5.11. The zero-order valence-electron chi connectivity index (χ0n) is 21.8. The Morgan fingerprint density at radius 2 is 1.95 bits per heavy atom. The van der Waals surface area contributed by atoms with Crippen LogP contribution in [0.4, 0.5) is 14.5 Å². The molecular formula is C24H31F2N7O4S2. The van der Waals surface area contributed by atoms with Gasteiger partial charge in [0.05, 0.1) is 16.6 Å². The third-order valence-electron chi connectivity index (χ3n) is 7.43. The number of carbonyl (C=O) groups excluding carboxylic acids is 1. The van der Waals surface area contributed by atoms with Gasteiger partial charge in [-0.05, 0) is 37.8 Å². The molecule has 2 N–H and O–H groups in total. The smallest absolute Gasteiger partial charge is 0.291 e. The number of anilines is 1. The molecule has 3 aromatic rings. The lowest BCUT2D eigenvalue weighted by atomic mass is 10.1. The van der Waals surface area contributed by atoms with Gasteiger partial charge >= 0.3 is 0 Å². The van der Waals surface area contributed by atoms with Gasteiger partial charge in [-0.1, -0.05) is 25.2 Å². The van der Waals surface area contributed by atoms with Gasteiger partial charge in [0.1, 0.15) is 0 Å². The summed E-state index contributed by atoms with van der Waals surface area (Å²) in [4.78, 5) is 16.3. The van der Waals surface area contributed by atoms with Crippen molar-refractivity contribution in [1.29, 1.82) is 0 Å². The summed E-state index contributed by atoms with van der Waals surface area (Å²) in [6, 6.07) is 3.05. The largest absolute Gasteiger partial charge is 0.396 e. The second-order valence-corrected chi connectivity index (χ2v) is 13.2. The van der Waals surface area contributed by atoms with Crippen molar-refractivity contribution in [2.24, 2.45) is 11.8 Å². The summed E-state index contributed by atoms with van der Waals surface area (Å²) >= 11 is 0.682. The SMILES string of the molecule is CC(C)C(=O)N1CCN(c2cc(S(=O)(=O)N[C@]3(C)C[C@@H]3CCO)cc3c2cnn3-c2nnc(C(F)F)s2)CC1. The first-order valence-electron chi connectivity index (χ1n) is 12.8. The zero-order valence-corrected chi connectivity index (χ0v) is 23.5. The van der Waals surface area contributed by atoms with Crippen molar-refractivity contribution in [3.8, 4) is 5.13 Å². The maximum Gasteiger partial charge on any atom is 0.291 e. The number of aromatic nitrogens is 4. The van der Waals surface area contributed by atoms with E-state index in [1.165, 1.54) is 10.7 Å². The number of hydrogen-bond acceptors (Lipinski definition) is 9. The number of aliphatic hydroxyl groups excluding tert-OH is 1. The van der Waals surface area contributed by atoms with Crippen molar-refractivity contribution < 1.29 is 27.1 Å². The van der Waals surface area contributed by atoms with E-state index < -0.39 is 27.0 Å². The highest BCUT2D eigenvalue weighted by Gasteiger charge is 2.52. The van der Waals surface area contributed by atoms with Crippen LogP contribution in [-0.2, 0) is 14.8 Å². The third-order valence-corrected chi connectivity index (χ3v) is 9.93. The lowest BCUT2D eigenvalue weighted by molar-refractivity contribution is -0.134. The minimum Gasteiger partial charge on any atom is -0.396 e. The van der Waals surface area contributed by atoms with Gasteiger partial charge in [-0.3, -0.25) is 4.79 Å². The van der Waals surface area contributed by atoms with E-state index in [4.69, 9.17) is 0 Å². The number of halogens is 2. The van der Waals surface area contributed by atoms with E-state index in [0.29, 0.717) is 66.9 Å². The van der Waals surface area contributed by atoms with E-state index in [2.05, 4.69) is 20.0 Å². The summed E-state index contributed by atoms with van der Waals surface area (Å²) in [6.45, 7) is 7.44. The number of piperazine rings is 1. The van der Waals surface area contributed by atoms with Crippen LogP contribution in [-0.4, -0.2) is 82.6 Å². The molecule has 1 amide bonds. The molecule has 2 fully saturated rings. The van der Waals surface area contributed by atoms with Crippen LogP contribution in [0.15, 0.2) is 23.2 Å². The Labute approximate surface area is 228 Å². The highest BCUT2D eigenvalue weighted by Crippen LogP contribution is 2.46. The van der Waals surface area contributed by atoms with Gasteiger partial charge in [0, 0.05) is 55.3 Å². The molecule has 15 heteroatoms. The molecule has 11 nitrogen and oxygen atoms in total. The number of sulfonamides is 1. The first-order valence-corrected chi connectivity index (χ1v) is 15.1. The normalized spacial score (nSPS) is 21.9. The van der Waals surface area contributed by atoms with Crippen molar-refractivity contribution in [2.45, 2.75) is 50.5 Å². The molecule has 2 aliphatic rings. The van der Waals surface area contributed by atoms with E-state index in [-0.39, 0.29) is 34.4 Å². The number of rotatable bonds is 9. The van der Waals surface area contributed by atoms with Gasteiger partial charge in [0.2, 0.25) is 21.1 Å². The average Bonchev–Trinajstić information content (AvgIpc) is 3.25. The van der Waals surface area contributed by atoms with Gasteiger partial charge in [-0.15, -0.1) is 10.2 Å². The number of amides is 1. The molecule has 5 rings (SSSR count). The molecule has 0 radical (unpaired) electrons. The second kappa shape index (κ2) is 10.3. The highest BCUT2D eigenvalue weighted by atomic mass is 32.2. The quantitative estimate of drug-likeness (QED) is 0.393. The van der Waals surface area contributed by atoms with Crippen LogP contribution < -0.4 is 9.62 Å². The van der Waals surface area contributed by atoms with Crippen molar-refractivity contribution in [1.82, 2.24) is 29.6 Å². The number of alkyl halides is 2. The van der Waals surface area contributed by atoms with E-state index in [1.54, 1.807) is 17.2 Å². The van der Waals surface area contributed by atoms with Gasteiger partial charge in [0.25, 0.3) is 6.43 Å². The number of nitrogens with one attached hydrogen (secondary N) is 1. The number of fused-ring (bicyclic) bond motifs is 1.